The Kier molecular flexibility index (Phi) is 1.68. The molecule has 0 amide bonds. The van der Waals surface area contributed by atoms with Gasteiger partial charge in [-0.25, -0.2) is 13.6 Å². The summed E-state index contributed by atoms with van der Waals surface area (Å²) in [6, 6.07) is 0. The highest BCUT2D eigenvalue weighted by Gasteiger charge is 2.47. The maximum absolute atomic E-state index is 12.7. The summed E-state index contributed by atoms with van der Waals surface area (Å²) in [6.45, 7) is 0. The van der Waals surface area contributed by atoms with E-state index in [1.54, 1.807) is 0 Å². The van der Waals surface area contributed by atoms with Crippen molar-refractivity contribution in [2.45, 2.75) is 5.67 Å². The summed E-state index contributed by atoms with van der Waals surface area (Å²) >= 11 is 0.575. The first kappa shape index (κ1) is 7.53. The topological polar surface area (TPSA) is 37.3 Å². The Hall–Kier alpha value is -0.580. The lowest BCUT2D eigenvalue weighted by Gasteiger charge is -2.09. The Morgan fingerprint density at radius 1 is 1.90 bits per heavy atom. The Labute approximate surface area is 59.9 Å². The first-order valence-electron chi connectivity index (χ1n) is 2.28. The van der Waals surface area contributed by atoms with Crippen LogP contribution in [0.2, 0.25) is 0 Å². The molecule has 54 valence electrons. The summed E-state index contributed by atoms with van der Waals surface area (Å²) in [5.74, 6) is -2.59. The fourth-order valence-corrected chi connectivity index (χ4v) is 1.11. The van der Waals surface area contributed by atoms with Crippen LogP contribution in [0.5, 0.6) is 0 Å². The molecule has 0 fully saturated rings. The molecule has 0 saturated carbocycles. The molecule has 0 spiro atoms. The average molecular weight is 164 g/mol. The lowest BCUT2D eigenvalue weighted by Crippen LogP contribution is -2.31. The SMILES string of the molecule is O=C(O)C1(F)[CH]S[C]=C1F. The molecule has 0 aliphatic carbocycles. The number of rotatable bonds is 1. The second-order valence-corrected chi connectivity index (χ2v) is 2.34. The molecule has 1 atom stereocenters. The molecular weight excluding hydrogens is 162 g/mol. The van der Waals surface area contributed by atoms with Crippen molar-refractivity contribution in [1.82, 2.24) is 0 Å². The first-order chi connectivity index (χ1) is 4.57. The third kappa shape index (κ3) is 0.901. The van der Waals surface area contributed by atoms with Gasteiger partial charge >= 0.3 is 5.97 Å². The van der Waals surface area contributed by atoms with Gasteiger partial charge in [0.05, 0.1) is 11.2 Å². The largest absolute Gasteiger partial charge is 0.479 e. The fraction of sp³-hybridized carbons (Fsp3) is 0.200. The lowest BCUT2D eigenvalue weighted by atomic mass is 10.1. The number of aliphatic carboxylic acids is 1. The molecule has 10 heavy (non-hydrogen) atoms. The van der Waals surface area contributed by atoms with E-state index in [9.17, 15) is 13.6 Å². The highest BCUT2D eigenvalue weighted by Crippen LogP contribution is 2.39. The van der Waals surface area contributed by atoms with E-state index >= 15 is 0 Å². The summed E-state index contributed by atoms with van der Waals surface area (Å²) in [7, 11) is 0. The van der Waals surface area contributed by atoms with Gasteiger partial charge in [-0.05, 0) is 0 Å². The number of carbonyl (C=O) groups is 1. The standard InChI is InChI=1S/C5H2F2O2S/c6-3-1-10-2-5(3,7)4(8)9/h2H,(H,8,9). The summed E-state index contributed by atoms with van der Waals surface area (Å²) in [4.78, 5) is 10.0. The van der Waals surface area contributed by atoms with Gasteiger partial charge in [0.2, 0.25) is 0 Å². The van der Waals surface area contributed by atoms with Gasteiger partial charge in [-0.2, -0.15) is 0 Å². The highest BCUT2D eigenvalue weighted by atomic mass is 32.2. The van der Waals surface area contributed by atoms with Crippen LogP contribution in [-0.2, 0) is 4.79 Å². The van der Waals surface area contributed by atoms with Gasteiger partial charge in [0, 0.05) is 0 Å². The number of halogens is 2. The molecule has 1 N–H and O–H groups in total. The Morgan fingerprint density at radius 2 is 2.50 bits per heavy atom. The maximum Gasteiger partial charge on any atom is 0.349 e. The molecule has 5 heteroatoms. The molecule has 0 aromatic rings. The van der Waals surface area contributed by atoms with Crippen LogP contribution in [-0.4, -0.2) is 16.7 Å². The fourth-order valence-electron chi connectivity index (χ4n) is 0.433. The van der Waals surface area contributed by atoms with Crippen molar-refractivity contribution in [3.05, 3.63) is 17.0 Å². The Morgan fingerprint density at radius 3 is 2.70 bits per heavy atom. The van der Waals surface area contributed by atoms with Crippen LogP contribution in [0.15, 0.2) is 5.83 Å². The molecule has 2 radical (unpaired) electrons. The van der Waals surface area contributed by atoms with Crippen molar-refractivity contribution >= 4 is 17.7 Å². The number of alkyl halides is 1. The molecule has 1 rings (SSSR count). The van der Waals surface area contributed by atoms with E-state index in [0.29, 0.717) is 17.5 Å². The van der Waals surface area contributed by atoms with E-state index < -0.39 is 17.5 Å². The third-order valence-electron chi connectivity index (χ3n) is 1.00. The number of carboxylic acids is 1. The molecule has 1 heterocycles. The normalized spacial score (nSPS) is 32.0. The van der Waals surface area contributed by atoms with Gasteiger partial charge in [0.25, 0.3) is 5.67 Å². The van der Waals surface area contributed by atoms with E-state index in [1.165, 1.54) is 0 Å². The maximum atomic E-state index is 12.7. The average Bonchev–Trinajstić information content (AvgIpc) is 2.15. The van der Waals surface area contributed by atoms with Crippen molar-refractivity contribution in [3.8, 4) is 0 Å². The molecular formula is C5H2F2O2S. The summed E-state index contributed by atoms with van der Waals surface area (Å²) in [5.41, 5.74) is -2.95. The van der Waals surface area contributed by atoms with Crippen LogP contribution in [0.4, 0.5) is 8.78 Å². The molecule has 2 nitrogen and oxygen atoms in total. The minimum atomic E-state index is -2.95. The summed E-state index contributed by atoms with van der Waals surface area (Å²) in [6.07, 6.45) is 0. The van der Waals surface area contributed by atoms with Gasteiger partial charge in [-0.3, -0.25) is 0 Å². The zero-order chi connectivity index (χ0) is 7.78. The van der Waals surface area contributed by atoms with Crippen LogP contribution in [0.1, 0.15) is 0 Å². The van der Waals surface area contributed by atoms with Crippen molar-refractivity contribution in [3.63, 3.8) is 0 Å². The molecule has 1 aliphatic heterocycles. The van der Waals surface area contributed by atoms with Crippen molar-refractivity contribution in [2.75, 3.05) is 0 Å². The molecule has 1 aliphatic rings. The predicted octanol–water partition coefficient (Wildman–Crippen LogP) is 1.30. The van der Waals surface area contributed by atoms with E-state index in [4.69, 9.17) is 5.11 Å². The summed E-state index contributed by atoms with van der Waals surface area (Å²) in [5, 5.41) is 9.97. The lowest BCUT2D eigenvalue weighted by molar-refractivity contribution is -0.146. The van der Waals surface area contributed by atoms with Crippen molar-refractivity contribution in [1.29, 1.82) is 0 Å². The monoisotopic (exact) mass is 164 g/mol. The smallest absolute Gasteiger partial charge is 0.349 e. The van der Waals surface area contributed by atoms with Crippen LogP contribution < -0.4 is 0 Å². The van der Waals surface area contributed by atoms with Gasteiger partial charge < -0.3 is 5.11 Å². The van der Waals surface area contributed by atoms with Gasteiger partial charge in [0.15, 0.2) is 5.83 Å². The van der Waals surface area contributed by atoms with Gasteiger partial charge in [-0.15, -0.1) is 11.8 Å². The summed E-state index contributed by atoms with van der Waals surface area (Å²) < 4.78 is 24.9. The zero-order valence-corrected chi connectivity index (χ0v) is 5.41. The minimum absolute atomic E-state index is 0.575. The molecule has 0 aromatic carbocycles. The van der Waals surface area contributed by atoms with E-state index in [1.807, 2.05) is 5.41 Å². The quantitative estimate of drug-likeness (QED) is 0.634. The predicted molar refractivity (Wildman–Crippen MR) is 31.2 cm³/mol. The van der Waals surface area contributed by atoms with E-state index in [2.05, 4.69) is 0 Å². The Balaban J connectivity index is 2.89. The van der Waals surface area contributed by atoms with E-state index in [0.717, 1.165) is 0 Å². The molecule has 0 bridgehead atoms. The van der Waals surface area contributed by atoms with Crippen LogP contribution in [0.25, 0.3) is 0 Å². The molecule has 1 unspecified atom stereocenters. The Bertz CT molecular complexity index is 204. The van der Waals surface area contributed by atoms with E-state index in [-0.39, 0.29) is 0 Å². The second-order valence-electron chi connectivity index (χ2n) is 1.67. The highest BCUT2D eigenvalue weighted by molar-refractivity contribution is 8.03. The van der Waals surface area contributed by atoms with Crippen LogP contribution in [0, 0.1) is 11.2 Å². The van der Waals surface area contributed by atoms with Gasteiger partial charge in [0.1, 0.15) is 0 Å². The minimum Gasteiger partial charge on any atom is -0.479 e. The molecule has 0 saturated heterocycles. The van der Waals surface area contributed by atoms with Crippen molar-refractivity contribution < 1.29 is 18.7 Å². The van der Waals surface area contributed by atoms with Crippen LogP contribution >= 0.6 is 11.8 Å². The van der Waals surface area contributed by atoms with Gasteiger partial charge in [-0.1, -0.05) is 0 Å². The number of hydrogen-bond acceptors (Lipinski definition) is 2. The number of hydrogen-bond donors (Lipinski definition) is 1. The van der Waals surface area contributed by atoms with Crippen LogP contribution in [0.3, 0.4) is 0 Å². The number of carboxylic acid groups (broad SMARTS) is 1. The first-order valence-corrected chi connectivity index (χ1v) is 3.16. The van der Waals surface area contributed by atoms with Crippen molar-refractivity contribution in [2.24, 2.45) is 0 Å². The third-order valence-corrected chi connectivity index (χ3v) is 1.74. The number of thioether (sulfide) groups is 1. The second kappa shape index (κ2) is 2.23. The molecule has 0 aromatic heterocycles. The zero-order valence-electron chi connectivity index (χ0n) is 4.60.